The zero-order chi connectivity index (χ0) is 30.6. The molecule has 0 aliphatic rings. The SMILES string of the molecule is O=Cc1cnn2ccc(Nc3ccc(Cl)cc3)nc12.O=c1[nH]c(O)c(C=c2cnn3ccc(=Nc4ccc(Cl)cc4)nc23)s1. The van der Waals surface area contributed by atoms with Crippen LogP contribution in [0.1, 0.15) is 15.2 Å². The average Bonchev–Trinajstić information content (AvgIpc) is 3.71. The summed E-state index contributed by atoms with van der Waals surface area (Å²) in [7, 11) is 0. The Morgan fingerprint density at radius 1 is 0.886 bits per heavy atom. The first-order chi connectivity index (χ1) is 21.3. The molecule has 7 aromatic rings. The number of fused-ring (bicyclic) bond motifs is 2. The van der Waals surface area contributed by atoms with Crippen molar-refractivity contribution in [1.29, 1.82) is 0 Å². The Kier molecular flexibility index (Phi) is 8.14. The molecule has 0 aliphatic carbocycles. The Hall–Kier alpha value is -5.37. The number of hydrogen-bond acceptors (Lipinski definition) is 10. The van der Waals surface area contributed by atoms with Crippen LogP contribution >= 0.6 is 34.5 Å². The van der Waals surface area contributed by atoms with Gasteiger partial charge in [0.05, 0.1) is 28.5 Å². The number of aromatic hydroxyl groups is 1. The molecule has 0 aliphatic heterocycles. The molecule has 0 radical (unpaired) electrons. The highest BCUT2D eigenvalue weighted by Gasteiger charge is 2.07. The van der Waals surface area contributed by atoms with Crippen molar-refractivity contribution >= 4 is 75.4 Å². The summed E-state index contributed by atoms with van der Waals surface area (Å²) in [5.41, 5.74) is 3.65. The summed E-state index contributed by atoms with van der Waals surface area (Å²) in [6.45, 7) is 0. The van der Waals surface area contributed by atoms with Crippen LogP contribution in [0.15, 0.2) is 95.2 Å². The topological polar surface area (TPSA) is 155 Å². The molecule has 5 heterocycles. The van der Waals surface area contributed by atoms with Gasteiger partial charge in [-0.15, -0.1) is 0 Å². The van der Waals surface area contributed by atoms with E-state index in [0.717, 1.165) is 29.0 Å². The minimum Gasteiger partial charge on any atom is -0.493 e. The van der Waals surface area contributed by atoms with Crippen LogP contribution in [0.5, 0.6) is 5.88 Å². The monoisotopic (exact) mass is 643 g/mol. The number of rotatable bonds is 5. The number of hydrogen-bond donors (Lipinski definition) is 3. The van der Waals surface area contributed by atoms with Crippen LogP contribution < -0.4 is 20.9 Å². The first kappa shape index (κ1) is 28.7. The minimum absolute atomic E-state index is 0.170. The van der Waals surface area contributed by atoms with Crippen molar-refractivity contribution in [3.05, 3.63) is 126 Å². The lowest BCUT2D eigenvalue weighted by Crippen LogP contribution is -2.12. The summed E-state index contributed by atoms with van der Waals surface area (Å²) < 4.78 is 3.15. The second kappa shape index (κ2) is 12.5. The number of H-pyrrole nitrogens is 1. The number of aromatic amines is 1. The summed E-state index contributed by atoms with van der Waals surface area (Å²) in [6, 6.07) is 17.9. The molecule has 5 aromatic heterocycles. The van der Waals surface area contributed by atoms with E-state index < -0.39 is 0 Å². The van der Waals surface area contributed by atoms with Gasteiger partial charge in [-0.25, -0.2) is 24.0 Å². The molecule has 3 N–H and O–H groups in total. The maximum Gasteiger partial charge on any atom is 0.307 e. The van der Waals surface area contributed by atoms with Gasteiger partial charge in [-0.3, -0.25) is 14.6 Å². The Bertz CT molecular complexity index is 2290. The number of thiazole rings is 1. The number of carbonyl (C=O) groups excluding carboxylic acids is 1. The molecule has 7 rings (SSSR count). The molecule has 0 fully saturated rings. The van der Waals surface area contributed by atoms with Crippen LogP contribution in [0, 0.1) is 0 Å². The van der Waals surface area contributed by atoms with Gasteiger partial charge in [-0.1, -0.05) is 34.5 Å². The normalized spacial score (nSPS) is 12.0. The van der Waals surface area contributed by atoms with E-state index in [1.54, 1.807) is 82.2 Å². The number of aldehydes is 1. The molecule has 0 atom stereocenters. The number of anilines is 2. The number of nitrogens with one attached hydrogen (secondary N) is 2. The molecule has 0 spiro atoms. The first-order valence-electron chi connectivity index (χ1n) is 12.8. The third-order valence-electron chi connectivity index (χ3n) is 6.04. The molecule has 44 heavy (non-hydrogen) atoms. The van der Waals surface area contributed by atoms with Crippen molar-refractivity contribution < 1.29 is 9.90 Å². The molecular formula is C29H19Cl2N9O3S. The van der Waals surface area contributed by atoms with E-state index in [2.05, 4.69) is 35.5 Å². The van der Waals surface area contributed by atoms with Crippen LogP contribution in [0.2, 0.25) is 10.0 Å². The van der Waals surface area contributed by atoms with Crippen LogP contribution in [-0.4, -0.2) is 45.6 Å². The summed E-state index contributed by atoms with van der Waals surface area (Å²) in [6.07, 6.45) is 8.97. The minimum atomic E-state index is -0.327. The molecular weight excluding hydrogens is 625 g/mol. The lowest BCUT2D eigenvalue weighted by Gasteiger charge is -2.05. The molecule has 0 bridgehead atoms. The van der Waals surface area contributed by atoms with Gasteiger partial charge in [0.25, 0.3) is 0 Å². The van der Waals surface area contributed by atoms with Crippen molar-refractivity contribution in [1.82, 2.24) is 34.2 Å². The lowest BCUT2D eigenvalue weighted by molar-refractivity contribution is 0.112. The highest BCUT2D eigenvalue weighted by Crippen LogP contribution is 2.19. The highest BCUT2D eigenvalue weighted by molar-refractivity contribution is 7.10. The van der Waals surface area contributed by atoms with Crippen LogP contribution in [0.4, 0.5) is 17.2 Å². The number of halogens is 2. The molecule has 0 saturated heterocycles. The first-order valence-corrected chi connectivity index (χ1v) is 14.3. The molecule has 218 valence electrons. The fourth-order valence-corrected chi connectivity index (χ4v) is 4.91. The Morgan fingerprint density at radius 3 is 2.27 bits per heavy atom. The molecule has 12 nitrogen and oxygen atoms in total. The summed E-state index contributed by atoms with van der Waals surface area (Å²) in [5.74, 6) is 0.467. The van der Waals surface area contributed by atoms with E-state index in [-0.39, 0.29) is 10.8 Å². The van der Waals surface area contributed by atoms with Gasteiger partial charge in [-0.05, 0) is 60.7 Å². The predicted octanol–water partition coefficient (Wildman–Crippen LogP) is 4.56. The third-order valence-corrected chi connectivity index (χ3v) is 7.36. The van der Waals surface area contributed by atoms with Gasteiger partial charge in [0.1, 0.15) is 5.82 Å². The van der Waals surface area contributed by atoms with E-state index in [1.165, 1.54) is 6.20 Å². The number of carbonyl (C=O) groups is 1. The van der Waals surface area contributed by atoms with E-state index in [0.29, 0.717) is 48.3 Å². The van der Waals surface area contributed by atoms with E-state index >= 15 is 0 Å². The van der Waals surface area contributed by atoms with Crippen LogP contribution in [0.25, 0.3) is 17.4 Å². The number of aromatic nitrogens is 7. The predicted molar refractivity (Wildman–Crippen MR) is 168 cm³/mol. The zero-order valence-electron chi connectivity index (χ0n) is 22.3. The molecule has 15 heteroatoms. The van der Waals surface area contributed by atoms with Crippen molar-refractivity contribution in [3.8, 4) is 5.88 Å². The van der Waals surface area contributed by atoms with Crippen molar-refractivity contribution in [2.75, 3.05) is 5.32 Å². The Morgan fingerprint density at radius 2 is 1.57 bits per heavy atom. The van der Waals surface area contributed by atoms with Crippen LogP contribution in [0.3, 0.4) is 0 Å². The van der Waals surface area contributed by atoms with E-state index in [4.69, 9.17) is 23.2 Å². The second-order valence-corrected chi connectivity index (χ2v) is 10.9. The van der Waals surface area contributed by atoms with Gasteiger partial charge < -0.3 is 10.4 Å². The quantitative estimate of drug-likeness (QED) is 0.231. The van der Waals surface area contributed by atoms with Crippen molar-refractivity contribution in [2.45, 2.75) is 0 Å². The van der Waals surface area contributed by atoms with E-state index in [9.17, 15) is 14.7 Å². The molecule has 2 aromatic carbocycles. The summed E-state index contributed by atoms with van der Waals surface area (Å²) in [5, 5.41) is 23.1. The standard InChI is InChI=1S/C16H10ClN5O2S.C13H9ClN4O/c17-10-1-3-11(4-2-10)19-13-5-6-22-14(20-13)9(8-18-22)7-12-15(23)21-16(24)25-12;14-10-1-3-11(4-2-10)16-12-5-6-18-13(17-12)9(8-19)7-15-18/h1-8,23H,(H,21,24);1-8H,(H,16,17). The van der Waals surface area contributed by atoms with Gasteiger partial charge in [0.2, 0.25) is 5.88 Å². The highest BCUT2D eigenvalue weighted by atomic mass is 35.5. The maximum absolute atomic E-state index is 11.3. The van der Waals surface area contributed by atoms with Gasteiger partial charge in [-0.2, -0.15) is 10.2 Å². The average molecular weight is 645 g/mol. The van der Waals surface area contributed by atoms with Crippen LogP contribution in [-0.2, 0) is 0 Å². The van der Waals surface area contributed by atoms with Gasteiger partial charge in [0.15, 0.2) is 23.1 Å². The largest absolute Gasteiger partial charge is 0.493 e. The maximum atomic E-state index is 11.3. The summed E-state index contributed by atoms with van der Waals surface area (Å²) >= 11 is 12.6. The fraction of sp³-hybridized carbons (Fsp3) is 0. The fourth-order valence-electron chi connectivity index (χ4n) is 3.98. The molecule has 0 saturated carbocycles. The molecule has 0 amide bonds. The zero-order valence-corrected chi connectivity index (χ0v) is 24.6. The van der Waals surface area contributed by atoms with Crippen molar-refractivity contribution in [3.63, 3.8) is 0 Å². The summed E-state index contributed by atoms with van der Waals surface area (Å²) in [4.78, 5) is 37.9. The van der Waals surface area contributed by atoms with E-state index in [1.807, 2.05) is 12.1 Å². The van der Waals surface area contributed by atoms with Gasteiger partial charge >= 0.3 is 4.87 Å². The molecule has 0 unspecified atom stereocenters. The van der Waals surface area contributed by atoms with Crippen molar-refractivity contribution in [2.24, 2.45) is 4.99 Å². The third kappa shape index (κ3) is 6.49. The number of benzene rings is 2. The van der Waals surface area contributed by atoms with Gasteiger partial charge in [0, 0.05) is 39.4 Å². The Labute approximate surface area is 261 Å². The second-order valence-electron chi connectivity index (χ2n) is 9.04. The lowest BCUT2D eigenvalue weighted by atomic mass is 10.3. The number of nitrogens with zero attached hydrogens (tertiary/aromatic N) is 7. The Balaban J connectivity index is 0.000000162. The smallest absolute Gasteiger partial charge is 0.307 e.